The van der Waals surface area contributed by atoms with Crippen molar-refractivity contribution in [3.05, 3.63) is 38.9 Å². The van der Waals surface area contributed by atoms with Crippen molar-refractivity contribution >= 4 is 21.6 Å². The van der Waals surface area contributed by atoms with E-state index in [1.54, 1.807) is 11.3 Å². The first-order valence-corrected chi connectivity index (χ1v) is 9.58. The summed E-state index contributed by atoms with van der Waals surface area (Å²) >= 11 is 1.69. The lowest BCUT2D eigenvalue weighted by Crippen LogP contribution is -2.32. The highest BCUT2D eigenvalue weighted by atomic mass is 32.1. The van der Waals surface area contributed by atoms with E-state index in [1.165, 1.54) is 10.4 Å². The SMILES string of the molecule is C=C1[C@@H]2COC[C@@H]2n2c(nc3sc4c(c3c2=O)CCN(C)C4)CN1C. The maximum atomic E-state index is 13.5. The normalized spacial score (nSPS) is 26.5. The number of thiophene rings is 1. The van der Waals surface area contributed by atoms with E-state index in [0.29, 0.717) is 19.8 Å². The van der Waals surface area contributed by atoms with Crippen molar-refractivity contribution in [2.45, 2.75) is 25.6 Å². The highest BCUT2D eigenvalue weighted by Crippen LogP contribution is 2.38. The van der Waals surface area contributed by atoms with E-state index in [-0.39, 0.29) is 17.5 Å². The molecular formula is C18H22N4O2S. The van der Waals surface area contributed by atoms with Gasteiger partial charge in [0.05, 0.1) is 31.2 Å². The molecule has 7 heteroatoms. The molecule has 0 N–H and O–H groups in total. The van der Waals surface area contributed by atoms with Crippen LogP contribution in [-0.2, 0) is 24.2 Å². The van der Waals surface area contributed by atoms with Gasteiger partial charge in [-0.1, -0.05) is 6.58 Å². The summed E-state index contributed by atoms with van der Waals surface area (Å²) in [7, 11) is 4.15. The average molecular weight is 358 g/mol. The smallest absolute Gasteiger partial charge is 0.262 e. The monoisotopic (exact) mass is 358 g/mol. The van der Waals surface area contributed by atoms with Crippen molar-refractivity contribution < 1.29 is 4.74 Å². The van der Waals surface area contributed by atoms with Gasteiger partial charge in [0.1, 0.15) is 10.7 Å². The first-order chi connectivity index (χ1) is 12.0. The van der Waals surface area contributed by atoms with Gasteiger partial charge in [-0.15, -0.1) is 11.3 Å². The molecule has 5 heterocycles. The van der Waals surface area contributed by atoms with Gasteiger partial charge in [0.25, 0.3) is 5.56 Å². The number of hydrogen-bond acceptors (Lipinski definition) is 6. The minimum absolute atomic E-state index is 0.0127. The molecule has 2 aromatic rings. The van der Waals surface area contributed by atoms with Gasteiger partial charge >= 0.3 is 0 Å². The Bertz CT molecular complexity index is 947. The second-order valence-corrected chi connectivity index (χ2v) is 8.52. The van der Waals surface area contributed by atoms with Crippen molar-refractivity contribution in [1.82, 2.24) is 19.4 Å². The minimum atomic E-state index is 0.0127. The fraction of sp³-hybridized carbons (Fsp3) is 0.556. The van der Waals surface area contributed by atoms with Gasteiger partial charge in [0.15, 0.2) is 0 Å². The Hall–Kier alpha value is -1.70. The second kappa shape index (κ2) is 5.40. The molecule has 0 unspecified atom stereocenters. The maximum Gasteiger partial charge on any atom is 0.262 e. The quantitative estimate of drug-likeness (QED) is 0.716. The Morgan fingerprint density at radius 2 is 2.12 bits per heavy atom. The number of ether oxygens (including phenoxy) is 1. The predicted molar refractivity (Wildman–Crippen MR) is 97.9 cm³/mol. The lowest BCUT2D eigenvalue weighted by molar-refractivity contribution is 0.177. The summed E-state index contributed by atoms with van der Waals surface area (Å²) in [5.41, 5.74) is 2.38. The van der Waals surface area contributed by atoms with Crippen LogP contribution in [0.2, 0.25) is 0 Å². The standard InChI is InChI=1S/C18H22N4O2S/c1-10-12-8-24-9-13(12)22-15(7-21(10)3)19-17-16(18(22)23)11-4-5-20(2)6-14(11)25-17/h12-13H,1,4-9H2,2-3H3/t12-,13-/m0/s1. The highest BCUT2D eigenvalue weighted by molar-refractivity contribution is 7.18. The van der Waals surface area contributed by atoms with Gasteiger partial charge in [-0.05, 0) is 19.0 Å². The van der Waals surface area contributed by atoms with Crippen LogP contribution in [0.5, 0.6) is 0 Å². The fourth-order valence-corrected chi connectivity index (χ4v) is 5.70. The zero-order chi connectivity index (χ0) is 17.3. The van der Waals surface area contributed by atoms with Crippen LogP contribution in [0.15, 0.2) is 17.1 Å². The van der Waals surface area contributed by atoms with Crippen LogP contribution in [0.3, 0.4) is 0 Å². The van der Waals surface area contributed by atoms with Crippen LogP contribution in [0, 0.1) is 5.92 Å². The number of nitrogens with zero attached hydrogens (tertiary/aromatic N) is 4. The molecule has 0 radical (unpaired) electrons. The van der Waals surface area contributed by atoms with Gasteiger partial charge in [-0.25, -0.2) is 4.98 Å². The molecular weight excluding hydrogens is 336 g/mol. The third-order valence-corrected chi connectivity index (χ3v) is 6.96. The summed E-state index contributed by atoms with van der Waals surface area (Å²) in [4.78, 5) is 25.1. The topological polar surface area (TPSA) is 50.6 Å². The van der Waals surface area contributed by atoms with Gasteiger partial charge < -0.3 is 14.5 Å². The lowest BCUT2D eigenvalue weighted by Gasteiger charge is -2.23. The maximum absolute atomic E-state index is 13.5. The first kappa shape index (κ1) is 15.5. The number of rotatable bonds is 0. The zero-order valence-corrected chi connectivity index (χ0v) is 15.4. The van der Waals surface area contributed by atoms with E-state index in [9.17, 15) is 4.79 Å². The molecule has 1 saturated heterocycles. The van der Waals surface area contributed by atoms with Crippen LogP contribution in [0.25, 0.3) is 10.2 Å². The summed E-state index contributed by atoms with van der Waals surface area (Å²) in [5, 5.41) is 0.845. The van der Waals surface area contributed by atoms with Crippen molar-refractivity contribution in [3.8, 4) is 0 Å². The summed E-state index contributed by atoms with van der Waals surface area (Å²) in [6.07, 6.45) is 0.930. The number of aromatic nitrogens is 2. The zero-order valence-electron chi connectivity index (χ0n) is 14.6. The van der Waals surface area contributed by atoms with Crippen LogP contribution >= 0.6 is 11.3 Å². The predicted octanol–water partition coefficient (Wildman–Crippen LogP) is 1.59. The molecule has 1 fully saturated rings. The van der Waals surface area contributed by atoms with Crippen molar-refractivity contribution in [1.29, 1.82) is 0 Å². The molecule has 0 aromatic carbocycles. The van der Waals surface area contributed by atoms with Crippen molar-refractivity contribution in [2.24, 2.45) is 5.92 Å². The molecule has 2 aromatic heterocycles. The van der Waals surface area contributed by atoms with Gasteiger partial charge in [-0.3, -0.25) is 9.36 Å². The summed E-state index contributed by atoms with van der Waals surface area (Å²) in [6, 6.07) is 0.0127. The minimum Gasteiger partial charge on any atom is -0.378 e. The molecule has 0 saturated carbocycles. The molecule has 0 aliphatic carbocycles. The Morgan fingerprint density at radius 1 is 1.28 bits per heavy atom. The number of likely N-dealkylation sites (N-methyl/N-ethyl adjacent to an activating group) is 1. The highest BCUT2D eigenvalue weighted by Gasteiger charge is 2.39. The van der Waals surface area contributed by atoms with Crippen molar-refractivity contribution in [2.75, 3.05) is 33.9 Å². The first-order valence-electron chi connectivity index (χ1n) is 8.76. The number of fused-ring (bicyclic) bond motifs is 6. The Kier molecular flexibility index (Phi) is 3.36. The Balaban J connectivity index is 1.77. The van der Waals surface area contributed by atoms with Gasteiger partial charge in [0.2, 0.25) is 0 Å². The Labute approximate surface area is 150 Å². The van der Waals surface area contributed by atoms with E-state index in [2.05, 4.69) is 23.4 Å². The Morgan fingerprint density at radius 3 is 2.96 bits per heavy atom. The molecule has 5 rings (SSSR count). The molecule has 25 heavy (non-hydrogen) atoms. The molecule has 132 valence electrons. The van der Waals surface area contributed by atoms with E-state index < -0.39 is 0 Å². The summed E-state index contributed by atoms with van der Waals surface area (Å²) in [5.74, 6) is 0.995. The molecule has 3 aliphatic rings. The third kappa shape index (κ3) is 2.16. The summed E-state index contributed by atoms with van der Waals surface area (Å²) in [6.45, 7) is 7.97. The van der Waals surface area contributed by atoms with Crippen LogP contribution in [-0.4, -0.2) is 53.2 Å². The second-order valence-electron chi connectivity index (χ2n) is 7.43. The van der Waals surface area contributed by atoms with Crippen LogP contribution in [0.1, 0.15) is 22.3 Å². The molecule has 2 atom stereocenters. The number of hydrogen-bond donors (Lipinski definition) is 0. The van der Waals surface area contributed by atoms with Crippen LogP contribution < -0.4 is 5.56 Å². The van der Waals surface area contributed by atoms with Gasteiger partial charge in [0, 0.05) is 36.6 Å². The van der Waals surface area contributed by atoms with E-state index in [4.69, 9.17) is 9.72 Å². The molecule has 0 bridgehead atoms. The van der Waals surface area contributed by atoms with Gasteiger partial charge in [-0.2, -0.15) is 0 Å². The fourth-order valence-electron chi connectivity index (χ4n) is 4.39. The largest absolute Gasteiger partial charge is 0.378 e. The molecule has 6 nitrogen and oxygen atoms in total. The van der Waals surface area contributed by atoms with E-state index in [1.807, 2.05) is 11.6 Å². The molecule has 3 aliphatic heterocycles. The van der Waals surface area contributed by atoms with E-state index >= 15 is 0 Å². The third-order valence-electron chi connectivity index (χ3n) is 5.85. The molecule has 0 spiro atoms. The lowest BCUT2D eigenvalue weighted by atomic mass is 10.00. The summed E-state index contributed by atoms with van der Waals surface area (Å²) < 4.78 is 7.64. The van der Waals surface area contributed by atoms with Crippen molar-refractivity contribution in [3.63, 3.8) is 0 Å². The average Bonchev–Trinajstić information content (AvgIpc) is 3.15. The van der Waals surface area contributed by atoms with Crippen LogP contribution in [0.4, 0.5) is 0 Å². The molecule has 0 amide bonds. The van der Waals surface area contributed by atoms with E-state index in [0.717, 1.165) is 41.2 Å².